The van der Waals surface area contributed by atoms with E-state index in [1.807, 2.05) is 0 Å². The molecular formula is C43H33N. The Morgan fingerprint density at radius 2 is 0.977 bits per heavy atom. The van der Waals surface area contributed by atoms with Crippen molar-refractivity contribution in [1.29, 1.82) is 0 Å². The molecule has 1 aliphatic rings. The molecule has 1 aliphatic carbocycles. The van der Waals surface area contributed by atoms with Crippen LogP contribution >= 0.6 is 0 Å². The molecule has 0 amide bonds. The molecule has 0 saturated carbocycles. The first-order valence-corrected chi connectivity index (χ1v) is 15.4. The highest BCUT2D eigenvalue weighted by molar-refractivity contribution is 5.97. The highest BCUT2D eigenvalue weighted by atomic mass is 15.1. The van der Waals surface area contributed by atoms with Gasteiger partial charge in [-0.25, -0.2) is 0 Å². The van der Waals surface area contributed by atoms with Crippen molar-refractivity contribution in [3.05, 3.63) is 175 Å². The summed E-state index contributed by atoms with van der Waals surface area (Å²) in [7, 11) is 0. The van der Waals surface area contributed by atoms with E-state index >= 15 is 0 Å². The smallest absolute Gasteiger partial charge is 0.0474 e. The van der Waals surface area contributed by atoms with Crippen LogP contribution in [0.2, 0.25) is 0 Å². The summed E-state index contributed by atoms with van der Waals surface area (Å²) in [5, 5.41) is 2.53. The molecule has 0 aromatic heterocycles. The summed E-state index contributed by atoms with van der Waals surface area (Å²) in [5.74, 6) is 0. The van der Waals surface area contributed by atoms with E-state index < -0.39 is 0 Å². The number of rotatable bonds is 5. The lowest BCUT2D eigenvalue weighted by molar-refractivity contribution is 0.662. The van der Waals surface area contributed by atoms with Gasteiger partial charge in [0.2, 0.25) is 0 Å². The Bertz CT molecular complexity index is 2120. The van der Waals surface area contributed by atoms with E-state index in [1.54, 1.807) is 0 Å². The average molecular weight is 564 g/mol. The summed E-state index contributed by atoms with van der Waals surface area (Å²) in [5.41, 5.74) is 13.7. The Morgan fingerprint density at radius 3 is 1.77 bits per heavy atom. The third-order valence-corrected chi connectivity index (χ3v) is 9.22. The molecule has 0 N–H and O–H groups in total. The van der Waals surface area contributed by atoms with Crippen molar-refractivity contribution in [2.24, 2.45) is 0 Å². The van der Waals surface area contributed by atoms with Crippen LogP contribution in [0.4, 0.5) is 17.1 Å². The van der Waals surface area contributed by atoms with Crippen molar-refractivity contribution in [1.82, 2.24) is 0 Å². The van der Waals surface area contributed by atoms with Crippen LogP contribution in [-0.2, 0) is 5.41 Å². The average Bonchev–Trinajstić information content (AvgIpc) is 3.32. The normalized spacial score (nSPS) is 13.0. The molecule has 44 heavy (non-hydrogen) atoms. The zero-order valence-electron chi connectivity index (χ0n) is 25.0. The zero-order valence-corrected chi connectivity index (χ0v) is 25.0. The third kappa shape index (κ3) is 4.24. The summed E-state index contributed by atoms with van der Waals surface area (Å²) in [4.78, 5) is 2.40. The van der Waals surface area contributed by atoms with E-state index in [9.17, 15) is 0 Å². The van der Waals surface area contributed by atoms with E-state index in [0.717, 1.165) is 17.1 Å². The summed E-state index contributed by atoms with van der Waals surface area (Å²) in [6.45, 7) is 4.73. The lowest BCUT2D eigenvalue weighted by Gasteiger charge is -2.29. The summed E-state index contributed by atoms with van der Waals surface area (Å²) >= 11 is 0. The van der Waals surface area contributed by atoms with Crippen molar-refractivity contribution < 1.29 is 0 Å². The molecule has 0 spiro atoms. The Morgan fingerprint density at radius 1 is 0.409 bits per heavy atom. The number of hydrogen-bond donors (Lipinski definition) is 0. The molecule has 0 radical (unpaired) electrons. The van der Waals surface area contributed by atoms with Crippen LogP contribution in [0.15, 0.2) is 164 Å². The topological polar surface area (TPSA) is 3.24 Å². The standard InChI is InChI=1S/C43H33N/c1-43(2)41-23-12-11-21-38(41)40-29-35(28-39(42(40)43)31-14-5-3-6-15-31)44(33-18-7-4-8-19-33)34-26-24-32(25-27-34)37-22-13-17-30-16-9-10-20-36(30)37/h3-29H,1-2H3. The van der Waals surface area contributed by atoms with Crippen molar-refractivity contribution in [2.75, 3.05) is 4.90 Å². The van der Waals surface area contributed by atoms with Crippen molar-refractivity contribution in [2.45, 2.75) is 19.3 Å². The molecule has 1 heteroatoms. The van der Waals surface area contributed by atoms with Crippen LogP contribution in [0.3, 0.4) is 0 Å². The van der Waals surface area contributed by atoms with Crippen LogP contribution in [-0.4, -0.2) is 0 Å². The molecule has 210 valence electrons. The minimum atomic E-state index is -0.104. The maximum atomic E-state index is 2.40. The Balaban J connectivity index is 1.33. The SMILES string of the molecule is CC1(C)c2ccccc2-c2cc(N(c3ccccc3)c3ccc(-c4cccc5ccccc45)cc3)cc(-c3ccccc3)c21. The van der Waals surface area contributed by atoms with Crippen LogP contribution in [0.5, 0.6) is 0 Å². The molecular weight excluding hydrogens is 530 g/mol. The quantitative estimate of drug-likeness (QED) is 0.201. The van der Waals surface area contributed by atoms with Gasteiger partial charge in [0, 0.05) is 22.5 Å². The largest absolute Gasteiger partial charge is 0.310 e. The fourth-order valence-corrected chi connectivity index (χ4v) is 7.18. The van der Waals surface area contributed by atoms with E-state index in [4.69, 9.17) is 0 Å². The summed E-state index contributed by atoms with van der Waals surface area (Å²) < 4.78 is 0. The molecule has 0 aliphatic heterocycles. The van der Waals surface area contributed by atoms with Crippen LogP contribution < -0.4 is 4.90 Å². The highest BCUT2D eigenvalue weighted by Crippen LogP contribution is 2.54. The maximum Gasteiger partial charge on any atom is 0.0474 e. The second-order valence-corrected chi connectivity index (χ2v) is 12.2. The molecule has 0 heterocycles. The van der Waals surface area contributed by atoms with Gasteiger partial charge in [-0.05, 0) is 91.7 Å². The molecule has 0 fully saturated rings. The van der Waals surface area contributed by atoms with E-state index in [0.29, 0.717) is 0 Å². The van der Waals surface area contributed by atoms with Crippen LogP contribution in [0.1, 0.15) is 25.0 Å². The summed E-state index contributed by atoms with van der Waals surface area (Å²) in [6.07, 6.45) is 0. The van der Waals surface area contributed by atoms with Crippen LogP contribution in [0, 0.1) is 0 Å². The number of nitrogens with zero attached hydrogens (tertiary/aromatic N) is 1. The van der Waals surface area contributed by atoms with Gasteiger partial charge in [-0.2, -0.15) is 0 Å². The Labute approximate surface area is 259 Å². The van der Waals surface area contributed by atoms with E-state index in [1.165, 1.54) is 55.3 Å². The lowest BCUT2D eigenvalue weighted by atomic mass is 9.78. The molecule has 7 aromatic carbocycles. The minimum Gasteiger partial charge on any atom is -0.310 e. The van der Waals surface area contributed by atoms with Crippen molar-refractivity contribution >= 4 is 27.8 Å². The van der Waals surface area contributed by atoms with Crippen LogP contribution in [0.25, 0.3) is 44.2 Å². The molecule has 0 bridgehead atoms. The van der Waals surface area contributed by atoms with Gasteiger partial charge in [-0.15, -0.1) is 0 Å². The number of fused-ring (bicyclic) bond motifs is 4. The van der Waals surface area contributed by atoms with E-state index in [-0.39, 0.29) is 5.41 Å². The molecule has 8 rings (SSSR count). The first-order valence-electron chi connectivity index (χ1n) is 15.4. The lowest BCUT2D eigenvalue weighted by Crippen LogP contribution is -2.17. The fourth-order valence-electron chi connectivity index (χ4n) is 7.18. The zero-order chi connectivity index (χ0) is 29.7. The molecule has 0 atom stereocenters. The monoisotopic (exact) mass is 563 g/mol. The van der Waals surface area contributed by atoms with Gasteiger partial charge in [0.25, 0.3) is 0 Å². The van der Waals surface area contributed by atoms with E-state index in [2.05, 4.69) is 183 Å². The number of hydrogen-bond acceptors (Lipinski definition) is 1. The molecule has 0 saturated heterocycles. The van der Waals surface area contributed by atoms with Gasteiger partial charge >= 0.3 is 0 Å². The minimum absolute atomic E-state index is 0.104. The first kappa shape index (κ1) is 26.2. The molecule has 7 aromatic rings. The van der Waals surface area contributed by atoms with Crippen molar-refractivity contribution in [3.8, 4) is 33.4 Å². The first-order chi connectivity index (χ1) is 21.6. The van der Waals surface area contributed by atoms with Gasteiger partial charge in [-0.1, -0.05) is 141 Å². The van der Waals surface area contributed by atoms with Crippen molar-refractivity contribution in [3.63, 3.8) is 0 Å². The molecule has 1 nitrogen and oxygen atoms in total. The van der Waals surface area contributed by atoms with Gasteiger partial charge in [-0.3, -0.25) is 0 Å². The predicted molar refractivity (Wildman–Crippen MR) is 187 cm³/mol. The number of para-hydroxylation sites is 1. The van der Waals surface area contributed by atoms with Gasteiger partial charge in [0.15, 0.2) is 0 Å². The second-order valence-electron chi connectivity index (χ2n) is 12.2. The number of anilines is 3. The maximum absolute atomic E-state index is 2.40. The second kappa shape index (κ2) is 10.4. The van der Waals surface area contributed by atoms with Gasteiger partial charge in [0.05, 0.1) is 0 Å². The van der Waals surface area contributed by atoms with Gasteiger partial charge in [0.1, 0.15) is 0 Å². The van der Waals surface area contributed by atoms with Gasteiger partial charge < -0.3 is 4.90 Å². The fraction of sp³-hybridized carbons (Fsp3) is 0.0698. The molecule has 0 unspecified atom stereocenters. The number of benzene rings is 7. The Kier molecular flexibility index (Phi) is 6.20. The Hall–Kier alpha value is -5.40. The third-order valence-electron chi connectivity index (χ3n) is 9.22. The predicted octanol–water partition coefficient (Wildman–Crippen LogP) is 11.9. The summed E-state index contributed by atoms with van der Waals surface area (Å²) in [6, 6.07) is 59.5. The highest BCUT2D eigenvalue weighted by Gasteiger charge is 2.38.